The lowest BCUT2D eigenvalue weighted by atomic mass is 9.86. The van der Waals surface area contributed by atoms with Gasteiger partial charge in [0.25, 0.3) is 0 Å². The predicted molar refractivity (Wildman–Crippen MR) is 76.4 cm³/mol. The summed E-state index contributed by atoms with van der Waals surface area (Å²) in [5.41, 5.74) is 0. The number of hydrogen-bond acceptors (Lipinski definition) is 2. The van der Waals surface area contributed by atoms with Crippen molar-refractivity contribution in [1.29, 1.82) is 0 Å². The van der Waals surface area contributed by atoms with Crippen LogP contribution in [-0.2, 0) is 0 Å². The second-order valence-electron chi connectivity index (χ2n) is 6.01. The molecule has 0 aliphatic carbocycles. The molecule has 0 aromatic rings. The molecule has 2 nitrogen and oxygen atoms in total. The van der Waals surface area contributed by atoms with Crippen molar-refractivity contribution in [3.05, 3.63) is 0 Å². The van der Waals surface area contributed by atoms with E-state index in [4.69, 9.17) is 0 Å². The molecule has 1 fully saturated rings. The van der Waals surface area contributed by atoms with Gasteiger partial charge in [-0.25, -0.2) is 0 Å². The first-order valence-corrected chi connectivity index (χ1v) is 7.59. The van der Waals surface area contributed by atoms with Crippen molar-refractivity contribution in [3.8, 4) is 0 Å². The molecule has 1 atom stereocenters. The quantitative estimate of drug-likeness (QED) is 0.688. The first-order chi connectivity index (χ1) is 8.15. The van der Waals surface area contributed by atoms with Crippen LogP contribution < -0.4 is 5.32 Å². The summed E-state index contributed by atoms with van der Waals surface area (Å²) < 4.78 is 0. The maximum absolute atomic E-state index is 3.51. The fourth-order valence-electron chi connectivity index (χ4n) is 2.82. The molecule has 2 heteroatoms. The zero-order valence-corrected chi connectivity index (χ0v) is 12.3. The largest absolute Gasteiger partial charge is 0.317 e. The Morgan fingerprint density at radius 2 is 1.76 bits per heavy atom. The van der Waals surface area contributed by atoms with Gasteiger partial charge in [-0.1, -0.05) is 20.8 Å². The molecule has 1 aliphatic rings. The predicted octanol–water partition coefficient (Wildman–Crippen LogP) is 3.13. The number of hydrogen-bond donors (Lipinski definition) is 1. The molecular weight excluding hydrogens is 208 g/mol. The molecule has 0 aromatic heterocycles. The van der Waals surface area contributed by atoms with E-state index in [-0.39, 0.29) is 0 Å². The minimum Gasteiger partial charge on any atom is -0.317 e. The van der Waals surface area contributed by atoms with Crippen molar-refractivity contribution in [3.63, 3.8) is 0 Å². The van der Waals surface area contributed by atoms with Crippen LogP contribution in [0.2, 0.25) is 0 Å². The van der Waals surface area contributed by atoms with Crippen LogP contribution in [0.15, 0.2) is 0 Å². The van der Waals surface area contributed by atoms with Gasteiger partial charge in [-0.2, -0.15) is 0 Å². The van der Waals surface area contributed by atoms with E-state index < -0.39 is 0 Å². The zero-order chi connectivity index (χ0) is 12.7. The molecule has 0 bridgehead atoms. The fraction of sp³-hybridized carbons (Fsp3) is 1.00. The van der Waals surface area contributed by atoms with Crippen molar-refractivity contribution >= 4 is 0 Å². The van der Waals surface area contributed by atoms with Crippen LogP contribution in [-0.4, -0.2) is 37.1 Å². The molecule has 1 aliphatic heterocycles. The highest BCUT2D eigenvalue weighted by atomic mass is 15.2. The molecule has 102 valence electrons. The number of nitrogens with one attached hydrogen (secondary N) is 1. The first-order valence-electron chi connectivity index (χ1n) is 7.59. The molecular formula is C15H32N2. The lowest BCUT2D eigenvalue weighted by molar-refractivity contribution is 0.117. The van der Waals surface area contributed by atoms with Gasteiger partial charge in [-0.15, -0.1) is 0 Å². The van der Waals surface area contributed by atoms with Crippen molar-refractivity contribution in [2.24, 2.45) is 11.8 Å². The molecule has 1 N–H and O–H groups in total. The van der Waals surface area contributed by atoms with Gasteiger partial charge in [-0.05, 0) is 70.6 Å². The number of piperidine rings is 1. The summed E-state index contributed by atoms with van der Waals surface area (Å²) in [4.78, 5) is 2.69. The Morgan fingerprint density at radius 3 is 2.29 bits per heavy atom. The van der Waals surface area contributed by atoms with Crippen molar-refractivity contribution in [2.45, 2.75) is 59.4 Å². The highest BCUT2D eigenvalue weighted by molar-refractivity contribution is 4.78. The van der Waals surface area contributed by atoms with Crippen LogP contribution in [0, 0.1) is 11.8 Å². The summed E-state index contributed by atoms with van der Waals surface area (Å²) >= 11 is 0. The Kier molecular flexibility index (Phi) is 7.14. The van der Waals surface area contributed by atoms with Crippen LogP contribution in [0.1, 0.15) is 53.4 Å². The van der Waals surface area contributed by atoms with Gasteiger partial charge in [0, 0.05) is 6.04 Å². The van der Waals surface area contributed by atoms with E-state index in [0.29, 0.717) is 0 Å². The van der Waals surface area contributed by atoms with Gasteiger partial charge in [0.2, 0.25) is 0 Å². The molecule has 0 saturated carbocycles. The van der Waals surface area contributed by atoms with Crippen LogP contribution in [0.4, 0.5) is 0 Å². The monoisotopic (exact) mass is 240 g/mol. The number of likely N-dealkylation sites (tertiary alicyclic amines) is 1. The zero-order valence-electron chi connectivity index (χ0n) is 12.3. The Balaban J connectivity index is 2.14. The summed E-state index contributed by atoms with van der Waals surface area (Å²) in [5.74, 6) is 1.84. The molecule has 17 heavy (non-hydrogen) atoms. The van der Waals surface area contributed by atoms with Gasteiger partial charge in [-0.3, -0.25) is 0 Å². The van der Waals surface area contributed by atoms with E-state index in [1.165, 1.54) is 51.9 Å². The summed E-state index contributed by atoms with van der Waals surface area (Å²) in [5, 5.41) is 3.51. The van der Waals surface area contributed by atoms with E-state index in [1.54, 1.807) is 0 Å². The van der Waals surface area contributed by atoms with Crippen molar-refractivity contribution < 1.29 is 0 Å². The summed E-state index contributed by atoms with van der Waals surface area (Å²) in [6.45, 7) is 14.4. The highest BCUT2D eigenvalue weighted by Crippen LogP contribution is 2.25. The molecule has 0 aromatic carbocycles. The number of rotatable bonds is 7. The lowest BCUT2D eigenvalue weighted by Crippen LogP contribution is -2.42. The third-order valence-electron chi connectivity index (χ3n) is 4.31. The van der Waals surface area contributed by atoms with E-state index >= 15 is 0 Å². The average Bonchev–Trinajstić information content (AvgIpc) is 2.34. The van der Waals surface area contributed by atoms with Crippen LogP contribution in [0.25, 0.3) is 0 Å². The molecule has 0 radical (unpaired) electrons. The molecule has 1 saturated heterocycles. The summed E-state index contributed by atoms with van der Waals surface area (Å²) in [6.07, 6.45) is 5.36. The van der Waals surface area contributed by atoms with Crippen molar-refractivity contribution in [1.82, 2.24) is 10.2 Å². The maximum atomic E-state index is 3.51. The molecule has 0 spiro atoms. The Hall–Kier alpha value is -0.0800. The van der Waals surface area contributed by atoms with Gasteiger partial charge < -0.3 is 10.2 Å². The van der Waals surface area contributed by atoms with Crippen molar-refractivity contribution in [2.75, 3.05) is 26.2 Å². The highest BCUT2D eigenvalue weighted by Gasteiger charge is 2.23. The molecule has 0 amide bonds. The Morgan fingerprint density at radius 1 is 1.12 bits per heavy atom. The summed E-state index contributed by atoms with van der Waals surface area (Å²) in [7, 11) is 0. The van der Waals surface area contributed by atoms with E-state index in [0.717, 1.165) is 17.9 Å². The Bertz CT molecular complexity index is 183. The summed E-state index contributed by atoms with van der Waals surface area (Å²) in [6, 6.07) is 0.757. The van der Waals surface area contributed by atoms with Gasteiger partial charge in [0.05, 0.1) is 0 Å². The third kappa shape index (κ3) is 5.39. The minimum atomic E-state index is 0.757. The number of nitrogens with zero attached hydrogens (tertiary/aromatic N) is 1. The SMILES string of the molecule is CCCNCCC(C)N1CCC(C(C)C)CC1. The van der Waals surface area contributed by atoms with Gasteiger partial charge in [0.1, 0.15) is 0 Å². The van der Waals surface area contributed by atoms with Crippen LogP contribution >= 0.6 is 0 Å². The fourth-order valence-corrected chi connectivity index (χ4v) is 2.82. The van der Waals surface area contributed by atoms with Crippen LogP contribution in [0.3, 0.4) is 0 Å². The van der Waals surface area contributed by atoms with Gasteiger partial charge in [0.15, 0.2) is 0 Å². The van der Waals surface area contributed by atoms with E-state index in [9.17, 15) is 0 Å². The first kappa shape index (κ1) is 15.0. The van der Waals surface area contributed by atoms with E-state index in [2.05, 4.69) is 37.9 Å². The third-order valence-corrected chi connectivity index (χ3v) is 4.31. The second kappa shape index (κ2) is 8.10. The molecule has 1 rings (SSSR count). The Labute approximate surface area is 108 Å². The molecule has 1 unspecified atom stereocenters. The molecule has 1 heterocycles. The minimum absolute atomic E-state index is 0.757. The topological polar surface area (TPSA) is 15.3 Å². The van der Waals surface area contributed by atoms with Crippen LogP contribution in [0.5, 0.6) is 0 Å². The second-order valence-corrected chi connectivity index (χ2v) is 6.01. The maximum Gasteiger partial charge on any atom is 0.00790 e. The average molecular weight is 240 g/mol. The smallest absolute Gasteiger partial charge is 0.00790 e. The van der Waals surface area contributed by atoms with Gasteiger partial charge >= 0.3 is 0 Å². The normalized spacial score (nSPS) is 21.0. The lowest BCUT2D eigenvalue weighted by Gasteiger charge is -2.37. The van der Waals surface area contributed by atoms with E-state index in [1.807, 2.05) is 0 Å². The standard InChI is InChI=1S/C15H32N2/c1-5-9-16-10-6-14(4)17-11-7-15(8-12-17)13(2)3/h13-16H,5-12H2,1-4H3.